The molecule has 4 rings (SSSR count). The van der Waals surface area contributed by atoms with E-state index in [0.29, 0.717) is 22.1 Å². The molecule has 0 saturated heterocycles. The van der Waals surface area contributed by atoms with Crippen molar-refractivity contribution >= 4 is 32.7 Å². The van der Waals surface area contributed by atoms with Crippen molar-refractivity contribution in [2.75, 3.05) is 0 Å². The second kappa shape index (κ2) is 3.90. The van der Waals surface area contributed by atoms with E-state index in [1.165, 1.54) is 0 Å². The molecule has 0 bridgehead atoms. The van der Waals surface area contributed by atoms with Crippen LogP contribution in [0.1, 0.15) is 5.56 Å². The van der Waals surface area contributed by atoms with Crippen LogP contribution in [0, 0.1) is 11.3 Å². The van der Waals surface area contributed by atoms with Crippen LogP contribution in [0.15, 0.2) is 46.9 Å². The van der Waals surface area contributed by atoms with Crippen molar-refractivity contribution in [3.63, 3.8) is 0 Å². The zero-order valence-electron chi connectivity index (χ0n) is 10.8. The summed E-state index contributed by atoms with van der Waals surface area (Å²) in [5.74, 6) is 0.243. The number of fused-ring (bicyclic) bond motifs is 5. The largest absolute Gasteiger partial charge is 0.508 e. The van der Waals surface area contributed by atoms with Crippen LogP contribution in [0.25, 0.3) is 32.7 Å². The molecular formula is C17H9NO3. The smallest absolute Gasteiger partial charge is 0.139 e. The summed E-state index contributed by atoms with van der Waals surface area (Å²) in [6.07, 6.45) is 0. The third-order valence-electron chi connectivity index (χ3n) is 3.66. The highest BCUT2D eigenvalue weighted by Crippen LogP contribution is 2.38. The van der Waals surface area contributed by atoms with Gasteiger partial charge in [-0.15, -0.1) is 0 Å². The Kier molecular flexibility index (Phi) is 2.16. The monoisotopic (exact) mass is 275 g/mol. The molecule has 0 amide bonds. The van der Waals surface area contributed by atoms with Crippen molar-refractivity contribution in [2.24, 2.45) is 0 Å². The summed E-state index contributed by atoms with van der Waals surface area (Å²) in [5.41, 5.74) is 1.59. The predicted octanol–water partition coefficient (Wildman–Crippen LogP) is 4.02. The molecule has 0 saturated carbocycles. The summed E-state index contributed by atoms with van der Waals surface area (Å²) < 4.78 is 5.74. The molecule has 0 spiro atoms. The highest BCUT2D eigenvalue weighted by atomic mass is 16.3. The third-order valence-corrected chi connectivity index (χ3v) is 3.66. The standard InChI is InChI=1S/C17H9NO3/c18-8-9-5-16-17(12-3-1-10(19)6-14(9)12)13-4-2-11(20)7-15(13)21-16/h1-7,19-20H. The van der Waals surface area contributed by atoms with E-state index >= 15 is 0 Å². The molecular weight excluding hydrogens is 266 g/mol. The fourth-order valence-corrected chi connectivity index (χ4v) is 2.76. The van der Waals surface area contributed by atoms with Crippen LogP contribution in [0.2, 0.25) is 0 Å². The van der Waals surface area contributed by atoms with Crippen LogP contribution in [-0.2, 0) is 0 Å². The zero-order chi connectivity index (χ0) is 14.6. The highest BCUT2D eigenvalue weighted by Gasteiger charge is 2.14. The Hall–Kier alpha value is -3.19. The number of furan rings is 1. The van der Waals surface area contributed by atoms with E-state index < -0.39 is 0 Å². The lowest BCUT2D eigenvalue weighted by Gasteiger charge is -2.03. The Bertz CT molecular complexity index is 1070. The van der Waals surface area contributed by atoms with Gasteiger partial charge in [-0.2, -0.15) is 5.26 Å². The Balaban J connectivity index is 2.32. The van der Waals surface area contributed by atoms with E-state index in [-0.39, 0.29) is 11.5 Å². The van der Waals surface area contributed by atoms with Gasteiger partial charge in [-0.25, -0.2) is 0 Å². The second-order valence-electron chi connectivity index (χ2n) is 4.92. The molecule has 1 heterocycles. The predicted molar refractivity (Wildman–Crippen MR) is 79.3 cm³/mol. The SMILES string of the molecule is N#Cc1cc2oc3cc(O)ccc3c2c2ccc(O)cc12. The van der Waals surface area contributed by atoms with E-state index in [1.54, 1.807) is 42.5 Å². The molecule has 0 aliphatic heterocycles. The summed E-state index contributed by atoms with van der Waals surface area (Å²) in [7, 11) is 0. The van der Waals surface area contributed by atoms with Gasteiger partial charge in [0.05, 0.1) is 11.6 Å². The van der Waals surface area contributed by atoms with E-state index in [0.717, 1.165) is 16.2 Å². The Morgan fingerprint density at radius 1 is 0.810 bits per heavy atom. The Morgan fingerprint density at radius 2 is 1.52 bits per heavy atom. The van der Waals surface area contributed by atoms with Crippen LogP contribution in [0.3, 0.4) is 0 Å². The quantitative estimate of drug-likeness (QED) is 0.508. The lowest BCUT2D eigenvalue weighted by Crippen LogP contribution is -1.81. The first-order valence-corrected chi connectivity index (χ1v) is 6.38. The molecule has 0 aliphatic carbocycles. The molecule has 0 radical (unpaired) electrons. The highest BCUT2D eigenvalue weighted by molar-refractivity contribution is 6.20. The van der Waals surface area contributed by atoms with Crippen molar-refractivity contribution in [3.8, 4) is 17.6 Å². The average Bonchev–Trinajstić information content (AvgIpc) is 2.83. The van der Waals surface area contributed by atoms with E-state index in [2.05, 4.69) is 6.07 Å². The minimum atomic E-state index is 0.115. The summed E-state index contributed by atoms with van der Waals surface area (Å²) >= 11 is 0. The number of aromatic hydroxyl groups is 2. The number of phenols is 2. The van der Waals surface area contributed by atoms with Gasteiger partial charge >= 0.3 is 0 Å². The molecule has 4 heteroatoms. The van der Waals surface area contributed by atoms with E-state index in [1.807, 2.05) is 0 Å². The molecule has 4 nitrogen and oxygen atoms in total. The van der Waals surface area contributed by atoms with Crippen molar-refractivity contribution in [2.45, 2.75) is 0 Å². The Labute approximate surface area is 119 Å². The van der Waals surface area contributed by atoms with Gasteiger partial charge in [-0.05, 0) is 41.8 Å². The summed E-state index contributed by atoms with van der Waals surface area (Å²) in [6, 6.07) is 13.7. The normalized spacial score (nSPS) is 11.2. The first kappa shape index (κ1) is 11.6. The maximum atomic E-state index is 9.66. The van der Waals surface area contributed by atoms with Crippen molar-refractivity contribution < 1.29 is 14.6 Å². The number of nitriles is 1. The number of nitrogens with zero attached hydrogens (tertiary/aromatic N) is 1. The molecule has 0 atom stereocenters. The fourth-order valence-electron chi connectivity index (χ4n) is 2.76. The summed E-state index contributed by atoms with van der Waals surface area (Å²) in [5, 5.41) is 31.8. The fraction of sp³-hybridized carbons (Fsp3) is 0. The summed E-state index contributed by atoms with van der Waals surface area (Å²) in [6.45, 7) is 0. The number of hydrogen-bond donors (Lipinski definition) is 2. The van der Waals surface area contributed by atoms with Gasteiger partial charge in [0.1, 0.15) is 22.7 Å². The van der Waals surface area contributed by atoms with Crippen molar-refractivity contribution in [1.29, 1.82) is 5.26 Å². The molecule has 4 aromatic rings. The Morgan fingerprint density at radius 3 is 2.29 bits per heavy atom. The molecule has 0 fully saturated rings. The van der Waals surface area contributed by atoms with Gasteiger partial charge in [-0.3, -0.25) is 0 Å². The maximum absolute atomic E-state index is 9.66. The van der Waals surface area contributed by atoms with E-state index in [9.17, 15) is 15.5 Å². The van der Waals surface area contributed by atoms with E-state index in [4.69, 9.17) is 4.42 Å². The van der Waals surface area contributed by atoms with Crippen LogP contribution in [-0.4, -0.2) is 10.2 Å². The zero-order valence-corrected chi connectivity index (χ0v) is 10.8. The average molecular weight is 275 g/mol. The maximum Gasteiger partial charge on any atom is 0.139 e. The molecule has 100 valence electrons. The van der Waals surface area contributed by atoms with Crippen LogP contribution in [0.5, 0.6) is 11.5 Å². The topological polar surface area (TPSA) is 77.4 Å². The number of benzene rings is 3. The van der Waals surface area contributed by atoms with Gasteiger partial charge in [0.25, 0.3) is 0 Å². The van der Waals surface area contributed by atoms with Gasteiger partial charge in [0.2, 0.25) is 0 Å². The number of hydrogen-bond acceptors (Lipinski definition) is 4. The van der Waals surface area contributed by atoms with Gasteiger partial charge in [0, 0.05) is 22.2 Å². The molecule has 21 heavy (non-hydrogen) atoms. The molecule has 2 N–H and O–H groups in total. The second-order valence-corrected chi connectivity index (χ2v) is 4.92. The van der Waals surface area contributed by atoms with Crippen molar-refractivity contribution in [1.82, 2.24) is 0 Å². The number of rotatable bonds is 0. The van der Waals surface area contributed by atoms with Gasteiger partial charge < -0.3 is 14.6 Å². The van der Waals surface area contributed by atoms with Gasteiger partial charge in [0.15, 0.2) is 0 Å². The lowest BCUT2D eigenvalue weighted by molar-refractivity contribution is 0.474. The first-order chi connectivity index (χ1) is 10.2. The molecule has 1 aromatic heterocycles. The van der Waals surface area contributed by atoms with Crippen molar-refractivity contribution in [3.05, 3.63) is 48.0 Å². The third kappa shape index (κ3) is 1.55. The summed E-state index contributed by atoms with van der Waals surface area (Å²) in [4.78, 5) is 0. The van der Waals surface area contributed by atoms with Crippen LogP contribution >= 0.6 is 0 Å². The minimum absolute atomic E-state index is 0.115. The first-order valence-electron chi connectivity index (χ1n) is 6.38. The molecule has 0 unspecified atom stereocenters. The van der Waals surface area contributed by atoms with Gasteiger partial charge in [-0.1, -0.05) is 0 Å². The van der Waals surface area contributed by atoms with Crippen LogP contribution < -0.4 is 0 Å². The minimum Gasteiger partial charge on any atom is -0.508 e. The van der Waals surface area contributed by atoms with Crippen LogP contribution in [0.4, 0.5) is 0 Å². The molecule has 3 aromatic carbocycles. The number of phenolic OH excluding ortho intramolecular Hbond substituents is 2. The lowest BCUT2D eigenvalue weighted by atomic mass is 9.99. The molecule has 0 aliphatic rings.